The largest absolute Gasteiger partial charge is 0.480 e. The number of carboxylic acid groups (broad SMARTS) is 4. The SMILES string of the molecule is C1CN1.N.O=C(O)CN(CCN(CC(=O)O)CC(=O)O)CC(=O)O. The van der Waals surface area contributed by atoms with E-state index in [9.17, 15) is 19.2 Å². The van der Waals surface area contributed by atoms with Gasteiger partial charge in [-0.05, 0) is 0 Å². The maximum atomic E-state index is 10.6. The van der Waals surface area contributed by atoms with Crippen LogP contribution in [-0.2, 0) is 19.2 Å². The molecule has 0 spiro atoms. The van der Waals surface area contributed by atoms with E-state index in [0.29, 0.717) is 0 Å². The molecule has 1 rings (SSSR count). The highest BCUT2D eigenvalue weighted by Gasteiger charge is 2.17. The third-order valence-corrected chi connectivity index (χ3v) is 2.42. The van der Waals surface area contributed by atoms with Crippen LogP contribution in [0.15, 0.2) is 0 Å². The lowest BCUT2D eigenvalue weighted by Crippen LogP contribution is -2.43. The summed E-state index contributed by atoms with van der Waals surface area (Å²) in [6.45, 7) is 0.249. The van der Waals surface area contributed by atoms with Crippen LogP contribution < -0.4 is 11.5 Å². The summed E-state index contributed by atoms with van der Waals surface area (Å²) < 4.78 is 0. The van der Waals surface area contributed by atoms with Crippen molar-refractivity contribution in [1.29, 1.82) is 0 Å². The van der Waals surface area contributed by atoms with Gasteiger partial charge in [-0.3, -0.25) is 29.0 Å². The molecule has 0 radical (unpaired) electrons. The van der Waals surface area contributed by atoms with Crippen molar-refractivity contribution in [2.75, 3.05) is 52.4 Å². The Labute approximate surface area is 138 Å². The molecule has 0 aliphatic carbocycles. The molecule has 0 aromatic carbocycles. The predicted octanol–water partition coefficient (Wildman–Crippen LogP) is -2.32. The number of carbonyl (C=O) groups is 4. The van der Waals surface area contributed by atoms with Crippen molar-refractivity contribution in [3.05, 3.63) is 0 Å². The van der Waals surface area contributed by atoms with E-state index >= 15 is 0 Å². The minimum atomic E-state index is -1.23. The van der Waals surface area contributed by atoms with Crippen LogP contribution in [0.3, 0.4) is 0 Å². The second-order valence-corrected chi connectivity index (χ2v) is 4.75. The Bertz CT molecular complexity index is 359. The van der Waals surface area contributed by atoms with E-state index in [4.69, 9.17) is 20.4 Å². The first kappa shape index (κ1) is 24.0. The topological polar surface area (TPSA) is 213 Å². The van der Waals surface area contributed by atoms with Crippen LogP contribution in [0.2, 0.25) is 0 Å². The summed E-state index contributed by atoms with van der Waals surface area (Å²) in [6, 6.07) is 0. The number of nitrogens with one attached hydrogen (secondary N) is 1. The summed E-state index contributed by atoms with van der Waals surface area (Å²) >= 11 is 0. The van der Waals surface area contributed by atoms with Gasteiger partial charge in [0.1, 0.15) is 0 Å². The zero-order chi connectivity index (χ0) is 17.8. The van der Waals surface area contributed by atoms with Crippen molar-refractivity contribution < 1.29 is 39.6 Å². The fraction of sp³-hybridized carbons (Fsp3) is 0.667. The quantitative estimate of drug-likeness (QED) is 0.216. The predicted molar refractivity (Wildman–Crippen MR) is 81.3 cm³/mol. The second-order valence-electron chi connectivity index (χ2n) is 4.75. The van der Waals surface area contributed by atoms with Gasteiger partial charge in [-0.2, -0.15) is 0 Å². The molecule has 140 valence electrons. The molecule has 1 fully saturated rings. The number of aliphatic carboxylic acids is 4. The minimum Gasteiger partial charge on any atom is -0.480 e. The first-order valence-corrected chi connectivity index (χ1v) is 6.73. The fourth-order valence-corrected chi connectivity index (χ4v) is 1.48. The normalized spacial score (nSPS) is 11.9. The number of hydrogen-bond acceptors (Lipinski definition) is 8. The maximum absolute atomic E-state index is 10.6. The number of rotatable bonds is 11. The molecule has 0 unspecified atom stereocenters. The maximum Gasteiger partial charge on any atom is 0.317 e. The molecule has 24 heavy (non-hydrogen) atoms. The Morgan fingerprint density at radius 3 is 1.00 bits per heavy atom. The number of hydrogen-bond donors (Lipinski definition) is 6. The Morgan fingerprint density at radius 1 is 0.667 bits per heavy atom. The molecule has 0 bridgehead atoms. The highest BCUT2D eigenvalue weighted by molar-refractivity contribution is 5.73. The zero-order valence-corrected chi connectivity index (χ0v) is 13.2. The van der Waals surface area contributed by atoms with Crippen molar-refractivity contribution in [3.63, 3.8) is 0 Å². The lowest BCUT2D eigenvalue weighted by molar-refractivity contribution is -0.145. The Hall–Kier alpha value is -2.28. The molecule has 1 aliphatic heterocycles. The molecule has 1 aliphatic rings. The van der Waals surface area contributed by atoms with E-state index < -0.39 is 50.1 Å². The van der Waals surface area contributed by atoms with Gasteiger partial charge in [0.2, 0.25) is 0 Å². The number of carboxylic acids is 4. The van der Waals surface area contributed by atoms with E-state index in [1.807, 2.05) is 0 Å². The Balaban J connectivity index is 0. The van der Waals surface area contributed by atoms with Gasteiger partial charge in [-0.15, -0.1) is 0 Å². The third-order valence-electron chi connectivity index (χ3n) is 2.42. The molecule has 0 amide bonds. The van der Waals surface area contributed by atoms with Gasteiger partial charge in [0, 0.05) is 26.2 Å². The molecular weight excluding hydrogens is 328 g/mol. The second kappa shape index (κ2) is 13.2. The third kappa shape index (κ3) is 17.8. The molecule has 0 aromatic heterocycles. The van der Waals surface area contributed by atoms with E-state index in [1.54, 1.807) is 0 Å². The summed E-state index contributed by atoms with van der Waals surface area (Å²) in [5, 5.41) is 37.5. The van der Waals surface area contributed by atoms with Gasteiger partial charge >= 0.3 is 23.9 Å². The first-order valence-electron chi connectivity index (χ1n) is 6.73. The molecule has 0 saturated carbocycles. The molecule has 12 nitrogen and oxygen atoms in total. The zero-order valence-electron chi connectivity index (χ0n) is 13.2. The van der Waals surface area contributed by atoms with Crippen LogP contribution >= 0.6 is 0 Å². The van der Waals surface area contributed by atoms with Crippen LogP contribution in [-0.4, -0.2) is 106 Å². The lowest BCUT2D eigenvalue weighted by atomic mass is 10.4. The molecular formula is C12H24N4O8. The summed E-state index contributed by atoms with van der Waals surface area (Å²) in [5.41, 5.74) is 0. The Morgan fingerprint density at radius 2 is 0.875 bits per heavy atom. The summed E-state index contributed by atoms with van der Waals surface area (Å²) in [5.74, 6) is -4.91. The molecule has 1 saturated heterocycles. The van der Waals surface area contributed by atoms with E-state index in [-0.39, 0.29) is 19.2 Å². The van der Waals surface area contributed by atoms with Gasteiger partial charge in [0.25, 0.3) is 0 Å². The minimum absolute atomic E-state index is 0. The van der Waals surface area contributed by atoms with Crippen LogP contribution in [0.1, 0.15) is 0 Å². The van der Waals surface area contributed by atoms with Crippen LogP contribution in [0.25, 0.3) is 0 Å². The average molecular weight is 352 g/mol. The first-order chi connectivity index (χ1) is 10.7. The lowest BCUT2D eigenvalue weighted by Gasteiger charge is -2.23. The summed E-state index contributed by atoms with van der Waals surface area (Å²) in [6.07, 6.45) is 0. The fourth-order valence-electron chi connectivity index (χ4n) is 1.48. The molecule has 8 N–H and O–H groups in total. The van der Waals surface area contributed by atoms with E-state index in [1.165, 1.54) is 13.1 Å². The van der Waals surface area contributed by atoms with Gasteiger partial charge in [0.15, 0.2) is 0 Å². The monoisotopic (exact) mass is 352 g/mol. The summed E-state index contributed by atoms with van der Waals surface area (Å²) in [7, 11) is 0. The van der Waals surface area contributed by atoms with Crippen LogP contribution in [0, 0.1) is 0 Å². The van der Waals surface area contributed by atoms with E-state index in [0.717, 1.165) is 9.80 Å². The molecule has 1 heterocycles. The average Bonchev–Trinajstić information content (AvgIpc) is 3.20. The highest BCUT2D eigenvalue weighted by atomic mass is 16.4. The smallest absolute Gasteiger partial charge is 0.317 e. The standard InChI is InChI=1S/C10H16N2O8.C2H5N.H3N/c13-7(14)3-11(4-8(15)16)1-2-12(5-9(17)18)6-10(19)20;1-2-3-1;/h1-6H2,(H,13,14)(H,15,16)(H,17,18)(H,19,20);3H,1-2H2;1H3. The van der Waals surface area contributed by atoms with Gasteiger partial charge < -0.3 is 31.9 Å². The molecule has 0 aromatic rings. The van der Waals surface area contributed by atoms with Gasteiger partial charge in [0.05, 0.1) is 26.2 Å². The van der Waals surface area contributed by atoms with Crippen molar-refractivity contribution in [2.24, 2.45) is 0 Å². The summed E-state index contributed by atoms with van der Waals surface area (Å²) in [4.78, 5) is 44.4. The van der Waals surface area contributed by atoms with Crippen molar-refractivity contribution in [2.45, 2.75) is 0 Å². The van der Waals surface area contributed by atoms with Gasteiger partial charge in [-0.1, -0.05) is 0 Å². The Kier molecular flexibility index (Phi) is 13.2. The van der Waals surface area contributed by atoms with Crippen LogP contribution in [0.5, 0.6) is 0 Å². The molecule has 0 atom stereocenters. The van der Waals surface area contributed by atoms with Crippen molar-refractivity contribution in [3.8, 4) is 0 Å². The van der Waals surface area contributed by atoms with Crippen molar-refractivity contribution in [1.82, 2.24) is 21.3 Å². The van der Waals surface area contributed by atoms with Crippen LogP contribution in [0.4, 0.5) is 0 Å². The highest BCUT2D eigenvalue weighted by Crippen LogP contribution is 1.94. The van der Waals surface area contributed by atoms with Crippen molar-refractivity contribution >= 4 is 23.9 Å². The van der Waals surface area contributed by atoms with Gasteiger partial charge in [-0.25, -0.2) is 0 Å². The number of nitrogens with zero attached hydrogens (tertiary/aromatic N) is 2. The molecule has 12 heteroatoms. The van der Waals surface area contributed by atoms with E-state index in [2.05, 4.69) is 5.32 Å².